The number of halogens is 3. The minimum absolute atomic E-state index is 0.000282. The van der Waals surface area contributed by atoms with E-state index in [1.165, 1.54) is 12.3 Å². The molecule has 0 saturated heterocycles. The lowest BCUT2D eigenvalue weighted by Crippen LogP contribution is -2.43. The van der Waals surface area contributed by atoms with Gasteiger partial charge >= 0.3 is 6.18 Å². The Kier molecular flexibility index (Phi) is 5.95. The van der Waals surface area contributed by atoms with Gasteiger partial charge in [-0.15, -0.1) is 0 Å². The highest BCUT2D eigenvalue weighted by Gasteiger charge is 2.29. The van der Waals surface area contributed by atoms with Gasteiger partial charge in [0.05, 0.1) is 6.04 Å². The molecule has 0 aliphatic carbocycles. The molecule has 8 heteroatoms. The van der Waals surface area contributed by atoms with Crippen LogP contribution < -0.4 is 15.8 Å². The molecule has 0 aliphatic rings. The summed E-state index contributed by atoms with van der Waals surface area (Å²) in [6.07, 6.45) is -3.13. The maximum atomic E-state index is 12.1. The van der Waals surface area contributed by atoms with E-state index in [0.29, 0.717) is 5.56 Å². The third kappa shape index (κ3) is 5.99. The number of carbonyl (C=O) groups is 1. The quantitative estimate of drug-likeness (QED) is 0.837. The lowest BCUT2D eigenvalue weighted by molar-refractivity contribution is -0.154. The van der Waals surface area contributed by atoms with Crippen molar-refractivity contribution in [3.05, 3.63) is 23.9 Å². The monoisotopic (exact) mass is 305 g/mol. The van der Waals surface area contributed by atoms with Crippen molar-refractivity contribution in [2.45, 2.75) is 32.6 Å². The fraction of sp³-hybridized carbons (Fsp3) is 0.538. The van der Waals surface area contributed by atoms with Crippen molar-refractivity contribution < 1.29 is 22.7 Å². The third-order valence-electron chi connectivity index (χ3n) is 2.70. The summed E-state index contributed by atoms with van der Waals surface area (Å²) in [6.45, 7) is 2.16. The predicted octanol–water partition coefficient (Wildman–Crippen LogP) is 1.62. The molecule has 1 heterocycles. The molecule has 0 aliphatic heterocycles. The molecule has 0 spiro atoms. The van der Waals surface area contributed by atoms with Gasteiger partial charge in [0.15, 0.2) is 6.61 Å². The van der Waals surface area contributed by atoms with E-state index in [9.17, 15) is 18.0 Å². The number of ether oxygens (including phenoxy) is 1. The molecule has 0 saturated carbocycles. The second-order valence-corrected chi connectivity index (χ2v) is 4.86. The lowest BCUT2D eigenvalue weighted by atomic mass is 10.1. The molecule has 1 aromatic heterocycles. The number of alkyl halides is 3. The van der Waals surface area contributed by atoms with E-state index in [1.807, 2.05) is 0 Å². The smallest absolute Gasteiger partial charge is 0.422 e. The fourth-order valence-corrected chi connectivity index (χ4v) is 1.44. The number of nitrogens with zero attached hydrogens (tertiary/aromatic N) is 1. The summed E-state index contributed by atoms with van der Waals surface area (Å²) >= 11 is 0. The van der Waals surface area contributed by atoms with Crippen LogP contribution in [0, 0.1) is 5.92 Å². The number of rotatable bonds is 6. The first-order chi connectivity index (χ1) is 9.70. The first kappa shape index (κ1) is 17.2. The van der Waals surface area contributed by atoms with Crippen LogP contribution in [0.15, 0.2) is 18.3 Å². The maximum Gasteiger partial charge on any atom is 0.422 e. The van der Waals surface area contributed by atoms with Gasteiger partial charge in [-0.05, 0) is 12.0 Å². The second-order valence-electron chi connectivity index (χ2n) is 4.86. The van der Waals surface area contributed by atoms with E-state index < -0.39 is 18.8 Å². The SMILES string of the molecule is CC(C)[C@H](N)C(=O)NCc1cccnc1OCC(F)(F)F. The molecule has 1 amide bonds. The molecular formula is C13H18F3N3O2. The van der Waals surface area contributed by atoms with Crippen molar-refractivity contribution in [3.8, 4) is 5.88 Å². The fourth-order valence-electron chi connectivity index (χ4n) is 1.44. The zero-order valence-electron chi connectivity index (χ0n) is 11.8. The van der Waals surface area contributed by atoms with Crippen molar-refractivity contribution in [2.24, 2.45) is 11.7 Å². The molecule has 21 heavy (non-hydrogen) atoms. The molecule has 0 fully saturated rings. The molecule has 1 aromatic rings. The summed E-state index contributed by atoms with van der Waals surface area (Å²) < 4.78 is 41.1. The Hall–Kier alpha value is -1.83. The van der Waals surface area contributed by atoms with Crippen LogP contribution in [-0.4, -0.2) is 29.7 Å². The minimum atomic E-state index is -4.45. The number of aromatic nitrogens is 1. The summed E-state index contributed by atoms with van der Waals surface area (Å²) in [6, 6.07) is 2.39. The van der Waals surface area contributed by atoms with Crippen LogP contribution >= 0.6 is 0 Å². The van der Waals surface area contributed by atoms with Crippen molar-refractivity contribution in [3.63, 3.8) is 0 Å². The maximum absolute atomic E-state index is 12.1. The molecule has 118 valence electrons. The molecule has 0 unspecified atom stereocenters. The number of nitrogens with two attached hydrogens (primary N) is 1. The van der Waals surface area contributed by atoms with E-state index in [4.69, 9.17) is 5.73 Å². The normalized spacial score (nSPS) is 13.1. The third-order valence-corrected chi connectivity index (χ3v) is 2.70. The van der Waals surface area contributed by atoms with Crippen LogP contribution in [-0.2, 0) is 11.3 Å². The molecule has 0 radical (unpaired) electrons. The molecule has 1 rings (SSSR count). The Morgan fingerprint density at radius 2 is 2.14 bits per heavy atom. The topological polar surface area (TPSA) is 77.2 Å². The van der Waals surface area contributed by atoms with E-state index in [0.717, 1.165) is 0 Å². The lowest BCUT2D eigenvalue weighted by Gasteiger charge is -2.16. The minimum Gasteiger partial charge on any atom is -0.468 e. The van der Waals surface area contributed by atoms with Gasteiger partial charge in [-0.2, -0.15) is 13.2 Å². The van der Waals surface area contributed by atoms with Gasteiger partial charge in [0.1, 0.15) is 0 Å². The predicted molar refractivity (Wildman–Crippen MR) is 70.4 cm³/mol. The number of carbonyl (C=O) groups excluding carboxylic acids is 1. The summed E-state index contributed by atoms with van der Waals surface area (Å²) in [5, 5.41) is 2.55. The molecule has 0 bridgehead atoms. The zero-order valence-corrected chi connectivity index (χ0v) is 11.8. The van der Waals surface area contributed by atoms with E-state index in [1.54, 1.807) is 19.9 Å². The van der Waals surface area contributed by atoms with Gasteiger partial charge in [0.25, 0.3) is 0 Å². The van der Waals surface area contributed by atoms with Crippen LogP contribution in [0.1, 0.15) is 19.4 Å². The highest BCUT2D eigenvalue weighted by atomic mass is 19.4. The van der Waals surface area contributed by atoms with Gasteiger partial charge in [-0.1, -0.05) is 19.9 Å². The summed E-state index contributed by atoms with van der Waals surface area (Å²) in [5.74, 6) is -0.580. The van der Waals surface area contributed by atoms with Gasteiger partial charge in [-0.25, -0.2) is 4.98 Å². The van der Waals surface area contributed by atoms with Gasteiger partial charge in [0, 0.05) is 18.3 Å². The molecule has 1 atom stereocenters. The molecule has 3 N–H and O–H groups in total. The molecular weight excluding hydrogens is 287 g/mol. The van der Waals surface area contributed by atoms with E-state index in [2.05, 4.69) is 15.0 Å². The summed E-state index contributed by atoms with van der Waals surface area (Å²) in [5.41, 5.74) is 6.02. The number of pyridine rings is 1. The first-order valence-electron chi connectivity index (χ1n) is 6.37. The van der Waals surface area contributed by atoms with Crippen molar-refractivity contribution in [1.82, 2.24) is 10.3 Å². The second kappa shape index (κ2) is 7.26. The number of hydrogen-bond acceptors (Lipinski definition) is 4. The number of amides is 1. The summed E-state index contributed by atoms with van der Waals surface area (Å²) in [4.78, 5) is 15.4. The van der Waals surface area contributed by atoms with Crippen LogP contribution in [0.4, 0.5) is 13.2 Å². The Morgan fingerprint density at radius 3 is 2.71 bits per heavy atom. The van der Waals surface area contributed by atoms with Gasteiger partial charge in [-0.3, -0.25) is 4.79 Å². The van der Waals surface area contributed by atoms with Crippen LogP contribution in [0.3, 0.4) is 0 Å². The Morgan fingerprint density at radius 1 is 1.48 bits per heavy atom. The van der Waals surface area contributed by atoms with Crippen LogP contribution in [0.2, 0.25) is 0 Å². The van der Waals surface area contributed by atoms with Gasteiger partial charge in [0.2, 0.25) is 11.8 Å². The molecule has 5 nitrogen and oxygen atoms in total. The molecule has 0 aromatic carbocycles. The van der Waals surface area contributed by atoms with Crippen molar-refractivity contribution >= 4 is 5.91 Å². The average molecular weight is 305 g/mol. The Bertz CT molecular complexity index is 478. The number of hydrogen-bond donors (Lipinski definition) is 2. The van der Waals surface area contributed by atoms with Crippen LogP contribution in [0.5, 0.6) is 5.88 Å². The van der Waals surface area contributed by atoms with Crippen molar-refractivity contribution in [2.75, 3.05) is 6.61 Å². The Labute approximate surface area is 120 Å². The average Bonchev–Trinajstić information content (AvgIpc) is 2.41. The highest BCUT2D eigenvalue weighted by molar-refractivity contribution is 5.81. The highest BCUT2D eigenvalue weighted by Crippen LogP contribution is 2.19. The zero-order chi connectivity index (χ0) is 16.0. The first-order valence-corrected chi connectivity index (χ1v) is 6.37. The Balaban J connectivity index is 2.65. The van der Waals surface area contributed by atoms with Crippen molar-refractivity contribution in [1.29, 1.82) is 0 Å². The van der Waals surface area contributed by atoms with E-state index in [-0.39, 0.29) is 24.2 Å². The standard InChI is InChI=1S/C13H18F3N3O2/c1-8(2)10(17)11(20)19-6-9-4-3-5-18-12(9)21-7-13(14,15)16/h3-5,8,10H,6-7,17H2,1-2H3,(H,19,20)/t10-/m0/s1. The van der Waals surface area contributed by atoms with E-state index >= 15 is 0 Å². The van der Waals surface area contributed by atoms with Gasteiger partial charge < -0.3 is 15.8 Å². The van der Waals surface area contributed by atoms with Crippen LogP contribution in [0.25, 0.3) is 0 Å². The summed E-state index contributed by atoms with van der Waals surface area (Å²) in [7, 11) is 0. The number of nitrogens with one attached hydrogen (secondary N) is 1. The largest absolute Gasteiger partial charge is 0.468 e.